The van der Waals surface area contributed by atoms with Crippen LogP contribution in [0.15, 0.2) is 83.8 Å². The Morgan fingerprint density at radius 1 is 0.903 bits per heavy atom. The molecule has 0 heterocycles. The van der Waals surface area contributed by atoms with Crippen LogP contribution in [0.2, 0.25) is 0 Å². The number of amides is 1. The van der Waals surface area contributed by atoms with Gasteiger partial charge in [-0.1, -0.05) is 54.6 Å². The quantitative estimate of drug-likeness (QED) is 0.477. The predicted octanol–water partition coefficient (Wildman–Crippen LogP) is 3.53. The molecule has 0 fully saturated rings. The molecule has 0 radical (unpaired) electrons. The Kier molecular flexibility index (Phi) is 7.51. The number of thiocarbonyl (C=S) groups is 1. The van der Waals surface area contributed by atoms with Gasteiger partial charge in [-0.15, -0.1) is 0 Å². The van der Waals surface area contributed by atoms with E-state index in [4.69, 9.17) is 12.2 Å². The number of rotatable bonds is 7. The van der Waals surface area contributed by atoms with Crippen LogP contribution >= 0.6 is 12.2 Å². The fourth-order valence-electron chi connectivity index (χ4n) is 2.89. The van der Waals surface area contributed by atoms with E-state index >= 15 is 0 Å². The standard InChI is InChI=1S/C23H23N3O3S2/c1-17-7-5-6-10-19(17)15-22(27)26-23(30)25-20-11-13-21(14-12-20)31(28,29)24-16-18-8-3-2-4-9-18/h2-14,24H,15-16H2,1H3,(H2,25,26,27,30). The highest BCUT2D eigenvalue weighted by Gasteiger charge is 2.14. The summed E-state index contributed by atoms with van der Waals surface area (Å²) >= 11 is 5.19. The maximum absolute atomic E-state index is 12.5. The van der Waals surface area contributed by atoms with Crippen molar-refractivity contribution in [2.75, 3.05) is 5.32 Å². The van der Waals surface area contributed by atoms with Gasteiger partial charge < -0.3 is 10.6 Å². The molecule has 6 nitrogen and oxygen atoms in total. The van der Waals surface area contributed by atoms with Crippen molar-refractivity contribution < 1.29 is 13.2 Å². The van der Waals surface area contributed by atoms with E-state index in [-0.39, 0.29) is 28.9 Å². The zero-order chi connectivity index (χ0) is 22.3. The smallest absolute Gasteiger partial charge is 0.240 e. The van der Waals surface area contributed by atoms with Crippen molar-refractivity contribution in [2.24, 2.45) is 0 Å². The number of sulfonamides is 1. The van der Waals surface area contributed by atoms with Gasteiger partial charge in [0.25, 0.3) is 0 Å². The van der Waals surface area contributed by atoms with Crippen LogP contribution in [0.3, 0.4) is 0 Å². The number of aryl methyl sites for hydroxylation is 1. The third-order valence-corrected chi connectivity index (χ3v) is 6.22. The summed E-state index contributed by atoms with van der Waals surface area (Å²) < 4.78 is 27.5. The van der Waals surface area contributed by atoms with Gasteiger partial charge >= 0.3 is 0 Å². The first-order chi connectivity index (χ1) is 14.8. The van der Waals surface area contributed by atoms with E-state index in [0.717, 1.165) is 16.7 Å². The lowest BCUT2D eigenvalue weighted by Crippen LogP contribution is -2.35. The first kappa shape index (κ1) is 22.6. The third-order valence-electron chi connectivity index (χ3n) is 4.60. The highest BCUT2D eigenvalue weighted by Crippen LogP contribution is 2.15. The Labute approximate surface area is 187 Å². The molecule has 0 unspecified atom stereocenters. The molecule has 0 saturated carbocycles. The highest BCUT2D eigenvalue weighted by atomic mass is 32.2. The van der Waals surface area contributed by atoms with Gasteiger partial charge in [-0.3, -0.25) is 4.79 Å². The van der Waals surface area contributed by atoms with Crippen LogP contribution in [0.5, 0.6) is 0 Å². The third kappa shape index (κ3) is 6.71. The van der Waals surface area contributed by atoms with Gasteiger partial charge in [-0.05, 0) is 60.1 Å². The molecule has 0 atom stereocenters. The Balaban J connectivity index is 1.54. The van der Waals surface area contributed by atoms with Crippen molar-refractivity contribution in [1.82, 2.24) is 10.0 Å². The van der Waals surface area contributed by atoms with Crippen LogP contribution in [-0.4, -0.2) is 19.4 Å². The van der Waals surface area contributed by atoms with E-state index in [9.17, 15) is 13.2 Å². The number of hydrogen-bond donors (Lipinski definition) is 3. The van der Waals surface area contributed by atoms with Gasteiger partial charge in [-0.25, -0.2) is 13.1 Å². The summed E-state index contributed by atoms with van der Waals surface area (Å²) in [5.41, 5.74) is 3.41. The molecule has 3 rings (SSSR count). The van der Waals surface area contributed by atoms with Gasteiger partial charge in [0, 0.05) is 12.2 Å². The number of carbonyl (C=O) groups excluding carboxylic acids is 1. The molecule has 0 aliphatic rings. The molecule has 0 aliphatic carbocycles. The van der Waals surface area contributed by atoms with Crippen molar-refractivity contribution in [3.05, 3.63) is 95.6 Å². The number of nitrogens with one attached hydrogen (secondary N) is 3. The second-order valence-corrected chi connectivity index (χ2v) is 9.12. The normalized spacial score (nSPS) is 11.0. The maximum Gasteiger partial charge on any atom is 0.240 e. The van der Waals surface area contributed by atoms with Crippen LogP contribution in [-0.2, 0) is 27.8 Å². The van der Waals surface area contributed by atoms with E-state index in [2.05, 4.69) is 15.4 Å². The largest absolute Gasteiger partial charge is 0.332 e. The van der Waals surface area contributed by atoms with Gasteiger partial charge in [0.1, 0.15) is 0 Å². The van der Waals surface area contributed by atoms with Crippen LogP contribution in [0.4, 0.5) is 5.69 Å². The van der Waals surface area contributed by atoms with Crippen LogP contribution in [0.25, 0.3) is 0 Å². The SMILES string of the molecule is Cc1ccccc1CC(=O)NC(=S)Nc1ccc(S(=O)(=O)NCc2ccccc2)cc1. The maximum atomic E-state index is 12.5. The van der Waals surface area contributed by atoms with Gasteiger partial charge in [0.05, 0.1) is 11.3 Å². The van der Waals surface area contributed by atoms with Crippen LogP contribution in [0, 0.1) is 6.92 Å². The Hall–Kier alpha value is -3.07. The summed E-state index contributed by atoms with van der Waals surface area (Å²) in [6.07, 6.45) is 0.221. The van der Waals surface area contributed by atoms with E-state index in [1.165, 1.54) is 12.1 Å². The van der Waals surface area contributed by atoms with Crippen LogP contribution < -0.4 is 15.4 Å². The minimum Gasteiger partial charge on any atom is -0.332 e. The number of carbonyl (C=O) groups is 1. The summed E-state index contributed by atoms with van der Waals surface area (Å²) in [4.78, 5) is 12.4. The molecule has 3 aromatic carbocycles. The summed E-state index contributed by atoms with van der Waals surface area (Å²) in [6, 6.07) is 23.1. The second kappa shape index (κ2) is 10.3. The lowest BCUT2D eigenvalue weighted by atomic mass is 10.1. The van der Waals surface area contributed by atoms with Gasteiger partial charge in [0.15, 0.2) is 5.11 Å². The van der Waals surface area contributed by atoms with Crippen molar-refractivity contribution in [3.63, 3.8) is 0 Å². The second-order valence-electron chi connectivity index (χ2n) is 6.94. The molecular formula is C23H23N3O3S2. The number of hydrogen-bond acceptors (Lipinski definition) is 4. The zero-order valence-corrected chi connectivity index (χ0v) is 18.6. The fraction of sp³-hybridized carbons (Fsp3) is 0.130. The number of benzene rings is 3. The fourth-order valence-corrected chi connectivity index (χ4v) is 4.14. The molecule has 0 saturated heterocycles. The molecule has 8 heteroatoms. The molecule has 160 valence electrons. The van der Waals surface area contributed by atoms with Crippen molar-refractivity contribution in [1.29, 1.82) is 0 Å². The summed E-state index contributed by atoms with van der Waals surface area (Å²) in [5.74, 6) is -0.226. The van der Waals surface area contributed by atoms with Gasteiger partial charge in [0.2, 0.25) is 15.9 Å². The molecule has 1 amide bonds. The minimum absolute atomic E-state index is 0.142. The van der Waals surface area contributed by atoms with Gasteiger partial charge in [-0.2, -0.15) is 0 Å². The van der Waals surface area contributed by atoms with E-state index in [0.29, 0.717) is 5.69 Å². The van der Waals surface area contributed by atoms with Crippen molar-refractivity contribution in [2.45, 2.75) is 24.8 Å². The average Bonchev–Trinajstić information content (AvgIpc) is 2.75. The molecule has 3 N–H and O–H groups in total. The van der Waals surface area contributed by atoms with E-state index in [1.54, 1.807) is 12.1 Å². The van der Waals surface area contributed by atoms with E-state index in [1.807, 2.05) is 61.5 Å². The topological polar surface area (TPSA) is 87.3 Å². The molecule has 0 aromatic heterocycles. The minimum atomic E-state index is -3.64. The highest BCUT2D eigenvalue weighted by molar-refractivity contribution is 7.89. The Morgan fingerprint density at radius 3 is 2.23 bits per heavy atom. The molecule has 0 bridgehead atoms. The number of anilines is 1. The summed E-state index contributed by atoms with van der Waals surface area (Å²) in [7, 11) is -3.64. The first-order valence-electron chi connectivity index (χ1n) is 9.62. The lowest BCUT2D eigenvalue weighted by Gasteiger charge is -2.11. The molecule has 0 aliphatic heterocycles. The molecule has 31 heavy (non-hydrogen) atoms. The van der Waals surface area contributed by atoms with Crippen molar-refractivity contribution in [3.8, 4) is 0 Å². The van der Waals surface area contributed by atoms with Crippen LogP contribution in [0.1, 0.15) is 16.7 Å². The predicted molar refractivity (Wildman–Crippen MR) is 126 cm³/mol. The average molecular weight is 454 g/mol. The summed E-state index contributed by atoms with van der Waals surface area (Å²) in [5, 5.41) is 5.68. The lowest BCUT2D eigenvalue weighted by molar-refractivity contribution is -0.119. The first-order valence-corrected chi connectivity index (χ1v) is 11.5. The molecular weight excluding hydrogens is 430 g/mol. The molecule has 0 spiro atoms. The summed E-state index contributed by atoms with van der Waals surface area (Å²) in [6.45, 7) is 2.16. The Bertz CT molecular complexity index is 1160. The molecule has 3 aromatic rings. The Morgan fingerprint density at radius 2 is 1.55 bits per heavy atom. The van der Waals surface area contributed by atoms with E-state index < -0.39 is 10.0 Å². The zero-order valence-electron chi connectivity index (χ0n) is 17.0. The monoisotopic (exact) mass is 453 g/mol. The van der Waals surface area contributed by atoms with Crippen molar-refractivity contribution >= 4 is 38.9 Å².